The fourth-order valence-corrected chi connectivity index (χ4v) is 2.60. The van der Waals surface area contributed by atoms with Gasteiger partial charge in [0.25, 0.3) is 0 Å². The number of carboxylic acid groups (broad SMARTS) is 3. The van der Waals surface area contributed by atoms with Crippen molar-refractivity contribution in [3.8, 4) is 0 Å². The van der Waals surface area contributed by atoms with Gasteiger partial charge in [0.2, 0.25) is 0 Å². The van der Waals surface area contributed by atoms with E-state index in [0.29, 0.717) is 6.42 Å². The smallest absolute Gasteiger partial charge is 0.330 e. The Morgan fingerprint density at radius 3 is 1.06 bits per heavy atom. The molecule has 0 unspecified atom stereocenters. The second kappa shape index (κ2) is 28.4. The van der Waals surface area contributed by atoms with Gasteiger partial charge in [0, 0.05) is 34.6 Å². The van der Waals surface area contributed by atoms with Crippen molar-refractivity contribution in [2.75, 3.05) is 0 Å². The zero-order valence-electron chi connectivity index (χ0n) is 21.3. The summed E-state index contributed by atoms with van der Waals surface area (Å²) < 4.78 is 0. The van der Waals surface area contributed by atoms with Crippen LogP contribution in [0.3, 0.4) is 0 Å². The van der Waals surface area contributed by atoms with Crippen LogP contribution < -0.4 is 0 Å². The van der Waals surface area contributed by atoms with Gasteiger partial charge in [0.05, 0.1) is 0 Å². The van der Waals surface area contributed by atoms with Crippen molar-refractivity contribution in [3.63, 3.8) is 0 Å². The van der Waals surface area contributed by atoms with Crippen LogP contribution >= 0.6 is 0 Å². The number of carboxylic acids is 3. The number of rotatable bonds is 17. The van der Waals surface area contributed by atoms with Crippen LogP contribution in [0.4, 0.5) is 0 Å². The summed E-state index contributed by atoms with van der Waals surface area (Å²) in [6.45, 7) is 13.8. The van der Waals surface area contributed by atoms with Crippen LogP contribution in [-0.2, 0) is 31.5 Å². The average Bonchev–Trinajstić information content (AvgIpc) is 2.68. The van der Waals surface area contributed by atoms with Crippen molar-refractivity contribution in [2.45, 2.75) is 118 Å². The van der Waals surface area contributed by atoms with Crippen molar-refractivity contribution in [1.29, 1.82) is 0 Å². The second-order valence-electron chi connectivity index (χ2n) is 8.74. The van der Waals surface area contributed by atoms with Crippen molar-refractivity contribution >= 4 is 17.9 Å². The third-order valence-corrected chi connectivity index (χ3v) is 4.65. The third kappa shape index (κ3) is 44.8. The van der Waals surface area contributed by atoms with Crippen LogP contribution in [0.1, 0.15) is 118 Å². The molecule has 0 spiro atoms. The molecular weight excluding hydrogens is 472 g/mol. The molecule has 0 aromatic heterocycles. The fourth-order valence-electron chi connectivity index (χ4n) is 2.60. The summed E-state index contributed by atoms with van der Waals surface area (Å²) in [6.07, 6.45) is 17.3. The first-order valence-corrected chi connectivity index (χ1v) is 11.9. The molecule has 199 valence electrons. The molecule has 3 N–H and O–H groups in total. The molecule has 7 heteroatoms. The molecule has 0 atom stereocenters. The number of aliphatic carboxylic acids is 3. The summed E-state index contributed by atoms with van der Waals surface area (Å²) in [5.41, 5.74) is 0.352. The molecule has 0 heterocycles. The van der Waals surface area contributed by atoms with E-state index >= 15 is 0 Å². The van der Waals surface area contributed by atoms with Crippen molar-refractivity contribution in [3.05, 3.63) is 24.3 Å². The minimum absolute atomic E-state index is 0. The van der Waals surface area contributed by atoms with Crippen molar-refractivity contribution in [1.82, 2.24) is 0 Å². The molecule has 0 amide bonds. The van der Waals surface area contributed by atoms with Crippen LogP contribution in [0, 0.1) is 5.92 Å². The minimum atomic E-state index is -0.935. The summed E-state index contributed by atoms with van der Waals surface area (Å²) in [7, 11) is 0. The first kappa shape index (κ1) is 38.7. The number of carbonyl (C=O) groups is 3. The Hall–Kier alpha value is -1.59. The first-order valence-electron chi connectivity index (χ1n) is 11.9. The molecule has 0 fully saturated rings. The van der Waals surface area contributed by atoms with Crippen LogP contribution in [-0.4, -0.2) is 33.2 Å². The monoisotopic (exact) mass is 519 g/mol. The summed E-state index contributed by atoms with van der Waals surface area (Å²) in [6, 6.07) is 0. The van der Waals surface area contributed by atoms with Gasteiger partial charge in [-0.15, -0.1) is 0 Å². The molecular formula is C26H48CuO6. The predicted octanol–water partition coefficient (Wildman–Crippen LogP) is 7.48. The maximum Gasteiger partial charge on any atom is 0.330 e. The van der Waals surface area contributed by atoms with Crippen molar-refractivity contribution < 1.29 is 46.8 Å². The molecule has 0 aromatic rings. The molecule has 0 rings (SSSR count). The van der Waals surface area contributed by atoms with E-state index in [4.69, 9.17) is 15.3 Å². The second-order valence-corrected chi connectivity index (χ2v) is 8.74. The molecule has 0 aliphatic carbocycles. The van der Waals surface area contributed by atoms with Crippen LogP contribution in [0.5, 0.6) is 0 Å². The Morgan fingerprint density at radius 1 is 0.606 bits per heavy atom. The number of hydrogen-bond acceptors (Lipinski definition) is 3. The van der Waals surface area contributed by atoms with Gasteiger partial charge in [0.15, 0.2) is 0 Å². The van der Waals surface area contributed by atoms with Crippen LogP contribution in [0.2, 0.25) is 0 Å². The van der Waals surface area contributed by atoms with E-state index in [-0.39, 0.29) is 28.2 Å². The summed E-state index contributed by atoms with van der Waals surface area (Å²) >= 11 is 0. The third-order valence-electron chi connectivity index (χ3n) is 4.65. The minimum Gasteiger partial charge on any atom is -0.481 e. The Morgan fingerprint density at radius 2 is 0.848 bits per heavy atom. The van der Waals surface area contributed by atoms with Crippen LogP contribution in [0.15, 0.2) is 24.3 Å². The van der Waals surface area contributed by atoms with E-state index in [0.717, 1.165) is 18.8 Å². The quantitative estimate of drug-likeness (QED) is 0.104. The Labute approximate surface area is 212 Å². The Kier molecular flexibility index (Phi) is 33.3. The summed E-state index contributed by atoms with van der Waals surface area (Å²) in [5, 5.41) is 24.3. The van der Waals surface area contributed by atoms with Gasteiger partial charge < -0.3 is 15.3 Å². The van der Waals surface area contributed by atoms with Crippen molar-refractivity contribution in [2.24, 2.45) is 5.92 Å². The SMILES string of the molecule is C=C(C)C(=O)O.C=C(C)C(=O)O.CC(C)CCCCCCCCCCCCCCC(=O)O.[Cu]. The summed E-state index contributed by atoms with van der Waals surface area (Å²) in [5.74, 6) is -1.66. The van der Waals surface area contributed by atoms with Gasteiger partial charge in [-0.2, -0.15) is 0 Å². The molecule has 0 saturated carbocycles. The predicted molar refractivity (Wildman–Crippen MR) is 132 cm³/mol. The van der Waals surface area contributed by atoms with E-state index in [2.05, 4.69) is 27.0 Å². The van der Waals surface area contributed by atoms with E-state index in [1.54, 1.807) is 0 Å². The molecule has 0 aliphatic rings. The zero-order valence-corrected chi connectivity index (χ0v) is 22.2. The first-order chi connectivity index (χ1) is 14.9. The molecule has 0 aromatic carbocycles. The van der Waals surface area contributed by atoms with E-state index < -0.39 is 17.9 Å². The van der Waals surface area contributed by atoms with E-state index in [1.807, 2.05) is 0 Å². The summed E-state index contributed by atoms with van der Waals surface area (Å²) in [4.78, 5) is 29.5. The van der Waals surface area contributed by atoms with Gasteiger partial charge >= 0.3 is 17.9 Å². The topological polar surface area (TPSA) is 112 Å². The van der Waals surface area contributed by atoms with Gasteiger partial charge in [-0.1, -0.05) is 104 Å². The Bertz CT molecular complexity index is 481. The fraction of sp³-hybridized carbons (Fsp3) is 0.731. The van der Waals surface area contributed by atoms with E-state index in [9.17, 15) is 14.4 Å². The standard InChI is InChI=1S/C18H36O2.2C4H6O2.Cu/c1-17(2)15-13-11-9-7-5-3-4-6-8-10-12-14-16-18(19)20;2*1-3(2)4(5)6;/h17H,3-16H2,1-2H3,(H,19,20);2*1H2,2H3,(H,5,6);. The molecule has 0 aliphatic heterocycles. The molecule has 6 nitrogen and oxygen atoms in total. The number of hydrogen-bond donors (Lipinski definition) is 3. The van der Waals surface area contributed by atoms with Gasteiger partial charge in [-0.05, 0) is 26.2 Å². The molecule has 0 bridgehead atoms. The van der Waals surface area contributed by atoms with Crippen LogP contribution in [0.25, 0.3) is 0 Å². The number of unbranched alkanes of at least 4 members (excludes halogenated alkanes) is 11. The maximum atomic E-state index is 10.3. The normalized spacial score (nSPS) is 9.48. The Balaban J connectivity index is -0.000000266. The van der Waals surface area contributed by atoms with Gasteiger partial charge in [-0.3, -0.25) is 4.79 Å². The average molecular weight is 520 g/mol. The molecule has 1 radical (unpaired) electrons. The van der Waals surface area contributed by atoms with E-state index in [1.165, 1.54) is 84.5 Å². The molecule has 0 saturated heterocycles. The maximum absolute atomic E-state index is 10.3. The molecule has 33 heavy (non-hydrogen) atoms. The zero-order chi connectivity index (χ0) is 25.4. The van der Waals surface area contributed by atoms with Gasteiger partial charge in [-0.25, -0.2) is 9.59 Å². The van der Waals surface area contributed by atoms with Gasteiger partial charge in [0.1, 0.15) is 0 Å². The largest absolute Gasteiger partial charge is 0.481 e.